The molecule has 0 fully saturated rings. The van der Waals surface area contributed by atoms with Crippen molar-refractivity contribution in [3.63, 3.8) is 0 Å². The second-order valence-corrected chi connectivity index (χ2v) is 4.05. The monoisotopic (exact) mass is 255 g/mol. The number of thiophene rings is 1. The van der Waals surface area contributed by atoms with Crippen LogP contribution in [0.5, 0.6) is 0 Å². The Kier molecular flexibility index (Phi) is 4.17. The van der Waals surface area contributed by atoms with E-state index in [0.717, 1.165) is 11.3 Å². The van der Waals surface area contributed by atoms with Gasteiger partial charge in [0.1, 0.15) is 4.88 Å². The molecule has 0 unspecified atom stereocenters. The van der Waals surface area contributed by atoms with E-state index < -0.39 is 11.9 Å². The van der Waals surface area contributed by atoms with E-state index in [4.69, 9.17) is 10.1 Å². The van der Waals surface area contributed by atoms with E-state index in [1.54, 1.807) is 13.8 Å². The zero-order valence-corrected chi connectivity index (χ0v) is 10.5. The molecule has 0 bridgehead atoms. The van der Waals surface area contributed by atoms with Crippen LogP contribution < -0.4 is 0 Å². The molecule has 6 nitrogen and oxygen atoms in total. The van der Waals surface area contributed by atoms with E-state index in [-0.39, 0.29) is 22.0 Å². The van der Waals surface area contributed by atoms with Crippen molar-refractivity contribution in [3.8, 4) is 0 Å². The van der Waals surface area contributed by atoms with E-state index in [1.165, 1.54) is 7.11 Å². The van der Waals surface area contributed by atoms with Gasteiger partial charge in [-0.15, -0.1) is 0 Å². The molecule has 0 amide bonds. The summed E-state index contributed by atoms with van der Waals surface area (Å²) in [5, 5.41) is 8.83. The molecule has 7 heteroatoms. The van der Waals surface area contributed by atoms with Gasteiger partial charge in [0, 0.05) is 0 Å². The topological polar surface area (TPSA) is 80.8 Å². The van der Waals surface area contributed by atoms with Gasteiger partial charge in [-0.1, -0.05) is 0 Å². The summed E-state index contributed by atoms with van der Waals surface area (Å²) in [6, 6.07) is 0. The summed E-state index contributed by atoms with van der Waals surface area (Å²) in [5.74, 6) is -1.20. The Morgan fingerprint density at radius 1 is 1.41 bits per heavy atom. The van der Waals surface area contributed by atoms with Crippen LogP contribution in [0.3, 0.4) is 0 Å². The second kappa shape index (κ2) is 5.41. The predicted molar refractivity (Wildman–Crippen MR) is 61.1 cm³/mol. The Morgan fingerprint density at radius 3 is 2.53 bits per heavy atom. The zero-order chi connectivity index (χ0) is 13.0. The molecule has 1 aromatic rings. The van der Waals surface area contributed by atoms with Gasteiger partial charge in [0.05, 0.1) is 13.7 Å². The van der Waals surface area contributed by atoms with Gasteiger partial charge >= 0.3 is 16.9 Å². The van der Waals surface area contributed by atoms with Crippen LogP contribution in [0.1, 0.15) is 32.5 Å². The Balaban J connectivity index is 3.29. The van der Waals surface area contributed by atoms with Crippen molar-refractivity contribution < 1.29 is 19.1 Å². The van der Waals surface area contributed by atoms with Crippen LogP contribution in [0.25, 0.3) is 4.98 Å². The third kappa shape index (κ3) is 2.42. The van der Waals surface area contributed by atoms with Crippen LogP contribution in [0.2, 0.25) is 0 Å². The van der Waals surface area contributed by atoms with Crippen molar-refractivity contribution in [2.75, 3.05) is 13.7 Å². The number of esters is 2. The number of carbonyl (C=O) groups excluding carboxylic acids is 2. The molecule has 0 aliphatic carbocycles. The Morgan fingerprint density at radius 2 is 2.06 bits per heavy atom. The first kappa shape index (κ1) is 13.1. The largest absolute Gasteiger partial charge is 0.465 e. The van der Waals surface area contributed by atoms with E-state index in [0.29, 0.717) is 5.56 Å². The highest BCUT2D eigenvalue weighted by atomic mass is 32.1. The molecule has 1 aromatic heterocycles. The van der Waals surface area contributed by atoms with E-state index in [9.17, 15) is 9.59 Å². The minimum atomic E-state index is -0.651. The molecule has 0 atom stereocenters. The van der Waals surface area contributed by atoms with Gasteiger partial charge in [-0.05, 0) is 30.7 Å². The molecule has 0 saturated carbocycles. The van der Waals surface area contributed by atoms with Gasteiger partial charge in [-0.25, -0.2) is 9.59 Å². The van der Waals surface area contributed by atoms with Gasteiger partial charge in [0.25, 0.3) is 0 Å². The van der Waals surface area contributed by atoms with Gasteiger partial charge in [0.15, 0.2) is 10.5 Å². The molecule has 0 spiro atoms. The first-order chi connectivity index (χ1) is 8.06. The number of diazo groups is 1. The van der Waals surface area contributed by atoms with Gasteiger partial charge in [-0.2, -0.15) is 0 Å². The number of ether oxygens (including phenoxy) is 2. The Labute approximate surface area is 102 Å². The van der Waals surface area contributed by atoms with Crippen LogP contribution in [0.4, 0.5) is 5.00 Å². The van der Waals surface area contributed by atoms with Crippen LogP contribution in [0.15, 0.2) is 0 Å². The highest BCUT2D eigenvalue weighted by molar-refractivity contribution is 7.18. The number of nitrogens with zero attached hydrogens (tertiary/aromatic N) is 2. The Hall–Kier alpha value is -1.94. The summed E-state index contributed by atoms with van der Waals surface area (Å²) in [4.78, 5) is 26.2. The van der Waals surface area contributed by atoms with Crippen LogP contribution in [-0.2, 0) is 9.47 Å². The predicted octanol–water partition coefficient (Wildman–Crippen LogP) is 2.50. The fraction of sp³-hybridized carbons (Fsp3) is 0.400. The summed E-state index contributed by atoms with van der Waals surface area (Å²) in [6.45, 7) is 3.48. The maximum absolute atomic E-state index is 11.6. The average molecular weight is 255 g/mol. The number of hydrogen-bond donors (Lipinski definition) is 0. The number of carbonyl (C=O) groups is 2. The lowest BCUT2D eigenvalue weighted by Gasteiger charge is -1.99. The summed E-state index contributed by atoms with van der Waals surface area (Å²) in [7, 11) is 1.21. The maximum Gasteiger partial charge on any atom is 0.456 e. The number of hydrogen-bond acceptors (Lipinski definition) is 6. The van der Waals surface area contributed by atoms with E-state index >= 15 is 0 Å². The first-order valence-corrected chi connectivity index (χ1v) is 5.62. The fourth-order valence-corrected chi connectivity index (χ4v) is 2.27. The fourth-order valence-electron chi connectivity index (χ4n) is 1.30. The van der Waals surface area contributed by atoms with Crippen molar-refractivity contribution in [2.45, 2.75) is 13.8 Å². The highest BCUT2D eigenvalue weighted by Gasteiger charge is 2.33. The van der Waals surface area contributed by atoms with Gasteiger partial charge in [-0.3, -0.25) is 0 Å². The molecular formula is C10H11N2O4S+. The minimum absolute atomic E-state index is 0.0393. The van der Waals surface area contributed by atoms with Crippen LogP contribution in [0, 0.1) is 12.3 Å². The van der Waals surface area contributed by atoms with Crippen LogP contribution >= 0.6 is 11.3 Å². The smallest absolute Gasteiger partial charge is 0.456 e. The normalized spacial score (nSPS) is 9.53. The molecular weight excluding hydrogens is 244 g/mol. The highest BCUT2D eigenvalue weighted by Crippen LogP contribution is 2.36. The molecule has 1 heterocycles. The minimum Gasteiger partial charge on any atom is -0.465 e. The summed E-state index contributed by atoms with van der Waals surface area (Å²) >= 11 is 0.886. The molecule has 0 aliphatic rings. The third-order valence-corrected chi connectivity index (χ3v) is 3.23. The molecule has 0 aromatic carbocycles. The molecule has 0 N–H and O–H groups in total. The number of rotatable bonds is 3. The summed E-state index contributed by atoms with van der Waals surface area (Å²) < 4.78 is 9.39. The molecule has 17 heavy (non-hydrogen) atoms. The van der Waals surface area contributed by atoms with Crippen LogP contribution in [-0.4, -0.2) is 25.7 Å². The molecule has 0 radical (unpaired) electrons. The lowest BCUT2D eigenvalue weighted by atomic mass is 10.1. The van der Waals surface area contributed by atoms with Crippen molar-refractivity contribution in [1.82, 2.24) is 0 Å². The lowest BCUT2D eigenvalue weighted by Crippen LogP contribution is -2.06. The van der Waals surface area contributed by atoms with Crippen molar-refractivity contribution in [1.29, 1.82) is 5.39 Å². The average Bonchev–Trinajstić information content (AvgIpc) is 2.65. The quantitative estimate of drug-likeness (QED) is 0.612. The second-order valence-electron chi connectivity index (χ2n) is 3.05. The molecule has 0 aliphatic heterocycles. The van der Waals surface area contributed by atoms with E-state index in [2.05, 4.69) is 9.71 Å². The van der Waals surface area contributed by atoms with Crippen molar-refractivity contribution >= 4 is 28.3 Å². The molecule has 1 rings (SSSR count). The van der Waals surface area contributed by atoms with Gasteiger partial charge < -0.3 is 9.47 Å². The van der Waals surface area contributed by atoms with E-state index in [1.807, 2.05) is 0 Å². The maximum atomic E-state index is 11.6. The molecule has 0 saturated heterocycles. The first-order valence-electron chi connectivity index (χ1n) is 4.80. The summed E-state index contributed by atoms with van der Waals surface area (Å²) in [5.41, 5.74) is 0.483. The molecule has 90 valence electrons. The third-order valence-electron chi connectivity index (χ3n) is 2.07. The van der Waals surface area contributed by atoms with Gasteiger partial charge in [0.2, 0.25) is 5.39 Å². The Bertz CT molecular complexity index is 501. The number of methoxy groups -OCH3 is 1. The van der Waals surface area contributed by atoms with Crippen molar-refractivity contribution in [3.05, 3.63) is 21.0 Å². The summed E-state index contributed by atoms with van der Waals surface area (Å²) in [6.07, 6.45) is 0. The standard InChI is InChI=1S/C10H11N2O4S/c1-4-16-10(14)7-5(2)6(9(13)15-3)8(12-11)17-7/h4H2,1-3H3/q+1. The zero-order valence-electron chi connectivity index (χ0n) is 9.64. The van der Waals surface area contributed by atoms with Crippen molar-refractivity contribution in [2.24, 2.45) is 0 Å². The lowest BCUT2D eigenvalue weighted by molar-refractivity contribution is 0.0531. The SMILES string of the molecule is CCOC(=O)c1sc([N+]#N)c(C(=O)OC)c1C.